The zero-order valence-electron chi connectivity index (χ0n) is 10.9. The van der Waals surface area contributed by atoms with Gasteiger partial charge in [-0.1, -0.05) is 13.8 Å². The summed E-state index contributed by atoms with van der Waals surface area (Å²) in [4.78, 5) is 12.5. The lowest BCUT2D eigenvalue weighted by Crippen LogP contribution is -2.32. The number of rotatable bonds is 5. The Morgan fingerprint density at radius 1 is 1.39 bits per heavy atom. The van der Waals surface area contributed by atoms with Crippen molar-refractivity contribution in [2.45, 2.75) is 26.7 Å². The lowest BCUT2D eigenvalue weighted by molar-refractivity contribution is -0.116. The summed E-state index contributed by atoms with van der Waals surface area (Å²) in [6, 6.07) is 2.15. The minimum Gasteiger partial charge on any atom is -0.368 e. The molecule has 96 valence electrons. The van der Waals surface area contributed by atoms with Gasteiger partial charge in [-0.25, -0.2) is 0 Å². The van der Waals surface area contributed by atoms with Gasteiger partial charge in [0.05, 0.1) is 12.2 Å². The van der Waals surface area contributed by atoms with Crippen molar-refractivity contribution in [3.05, 3.63) is 16.8 Å². The number of aryl methyl sites for hydroxylation is 1. The van der Waals surface area contributed by atoms with Crippen molar-refractivity contribution in [3.63, 3.8) is 0 Å². The topological polar surface area (TPSA) is 95.9 Å². The SMILES string of the molecule is CCc1nnc(N(C)CC(N)=O)c(C#N)c1CC. The molecule has 0 bridgehead atoms. The Morgan fingerprint density at radius 3 is 2.50 bits per heavy atom. The fraction of sp³-hybridized carbons (Fsp3) is 0.500. The maximum Gasteiger partial charge on any atom is 0.236 e. The van der Waals surface area contributed by atoms with Crippen LogP contribution in [0.25, 0.3) is 0 Å². The molecule has 18 heavy (non-hydrogen) atoms. The lowest BCUT2D eigenvalue weighted by atomic mass is 10.0. The molecule has 0 atom stereocenters. The van der Waals surface area contributed by atoms with Crippen LogP contribution in [0, 0.1) is 11.3 Å². The number of primary amides is 1. The predicted molar refractivity (Wildman–Crippen MR) is 68.0 cm³/mol. The molecule has 1 rings (SSSR count). The zero-order chi connectivity index (χ0) is 13.7. The quantitative estimate of drug-likeness (QED) is 0.812. The Balaban J connectivity index is 3.29. The van der Waals surface area contributed by atoms with Crippen molar-refractivity contribution in [3.8, 4) is 6.07 Å². The molecule has 0 aliphatic rings. The van der Waals surface area contributed by atoms with E-state index in [0.717, 1.165) is 17.7 Å². The molecule has 6 heteroatoms. The van der Waals surface area contributed by atoms with Crippen molar-refractivity contribution in [2.24, 2.45) is 5.73 Å². The van der Waals surface area contributed by atoms with E-state index in [4.69, 9.17) is 5.73 Å². The molecule has 1 amide bonds. The first-order chi connectivity index (χ1) is 8.54. The molecule has 0 saturated heterocycles. The monoisotopic (exact) mass is 247 g/mol. The van der Waals surface area contributed by atoms with Crippen LogP contribution in [0.4, 0.5) is 5.82 Å². The second-order valence-electron chi connectivity index (χ2n) is 3.97. The minimum atomic E-state index is -0.471. The molecule has 0 saturated carbocycles. The third kappa shape index (κ3) is 2.74. The fourth-order valence-corrected chi connectivity index (χ4v) is 1.86. The van der Waals surface area contributed by atoms with Crippen LogP contribution in [0.15, 0.2) is 0 Å². The van der Waals surface area contributed by atoms with Gasteiger partial charge in [0.25, 0.3) is 0 Å². The molecule has 0 aliphatic carbocycles. The molecule has 0 aliphatic heterocycles. The van der Waals surface area contributed by atoms with Crippen LogP contribution < -0.4 is 10.6 Å². The van der Waals surface area contributed by atoms with Gasteiger partial charge in [-0.15, -0.1) is 5.10 Å². The van der Waals surface area contributed by atoms with Crippen molar-refractivity contribution >= 4 is 11.7 Å². The van der Waals surface area contributed by atoms with Crippen LogP contribution in [0.1, 0.15) is 30.7 Å². The van der Waals surface area contributed by atoms with Gasteiger partial charge in [0, 0.05) is 7.05 Å². The number of carbonyl (C=O) groups excluding carboxylic acids is 1. The number of nitrogens with two attached hydrogens (primary N) is 1. The average Bonchev–Trinajstić information content (AvgIpc) is 2.35. The van der Waals surface area contributed by atoms with Gasteiger partial charge in [-0.05, 0) is 18.4 Å². The summed E-state index contributed by atoms with van der Waals surface area (Å²) in [6.45, 7) is 3.95. The van der Waals surface area contributed by atoms with Gasteiger partial charge in [-0.3, -0.25) is 4.79 Å². The number of aromatic nitrogens is 2. The maximum atomic E-state index is 10.9. The van der Waals surface area contributed by atoms with E-state index in [9.17, 15) is 10.1 Å². The number of carbonyl (C=O) groups is 1. The molecular formula is C12H17N5O. The van der Waals surface area contributed by atoms with Gasteiger partial charge < -0.3 is 10.6 Å². The Labute approximate surface area is 106 Å². The summed E-state index contributed by atoms with van der Waals surface area (Å²) >= 11 is 0. The first kappa shape index (κ1) is 13.9. The number of amides is 1. The van der Waals surface area contributed by atoms with E-state index in [2.05, 4.69) is 16.3 Å². The Bertz CT molecular complexity index is 492. The molecule has 6 nitrogen and oxygen atoms in total. The van der Waals surface area contributed by atoms with Crippen molar-refractivity contribution in [1.29, 1.82) is 5.26 Å². The summed E-state index contributed by atoms with van der Waals surface area (Å²) in [5.41, 5.74) is 7.33. The van der Waals surface area contributed by atoms with E-state index in [1.165, 1.54) is 0 Å². The molecule has 1 aromatic heterocycles. The summed E-state index contributed by atoms with van der Waals surface area (Å²) in [6.07, 6.45) is 1.43. The number of nitrogens with zero attached hydrogens (tertiary/aromatic N) is 4. The fourth-order valence-electron chi connectivity index (χ4n) is 1.86. The van der Waals surface area contributed by atoms with Crippen molar-refractivity contribution in [2.75, 3.05) is 18.5 Å². The maximum absolute atomic E-state index is 10.9. The van der Waals surface area contributed by atoms with Gasteiger partial charge in [0.15, 0.2) is 5.82 Å². The molecule has 0 spiro atoms. The summed E-state index contributed by atoms with van der Waals surface area (Å²) in [5.74, 6) is -0.0637. The third-order valence-electron chi connectivity index (χ3n) is 2.69. The normalized spacial score (nSPS) is 9.89. The first-order valence-corrected chi connectivity index (χ1v) is 5.83. The summed E-state index contributed by atoms with van der Waals surface area (Å²) < 4.78 is 0. The van der Waals surface area contributed by atoms with Crippen LogP contribution >= 0.6 is 0 Å². The number of nitriles is 1. The van der Waals surface area contributed by atoms with E-state index < -0.39 is 5.91 Å². The first-order valence-electron chi connectivity index (χ1n) is 5.83. The molecule has 0 unspecified atom stereocenters. The van der Waals surface area contributed by atoms with Crippen molar-refractivity contribution < 1.29 is 4.79 Å². The highest BCUT2D eigenvalue weighted by molar-refractivity contribution is 5.79. The van der Waals surface area contributed by atoms with Crippen LogP contribution in [-0.4, -0.2) is 29.7 Å². The van der Waals surface area contributed by atoms with E-state index in [1.54, 1.807) is 11.9 Å². The van der Waals surface area contributed by atoms with E-state index in [0.29, 0.717) is 17.8 Å². The van der Waals surface area contributed by atoms with Crippen molar-refractivity contribution in [1.82, 2.24) is 10.2 Å². The smallest absolute Gasteiger partial charge is 0.236 e. The second kappa shape index (κ2) is 5.96. The van der Waals surface area contributed by atoms with E-state index in [-0.39, 0.29) is 6.54 Å². The zero-order valence-corrected chi connectivity index (χ0v) is 10.9. The van der Waals surface area contributed by atoms with Crippen LogP contribution in [0.5, 0.6) is 0 Å². The largest absolute Gasteiger partial charge is 0.368 e. The lowest BCUT2D eigenvalue weighted by Gasteiger charge is -2.19. The number of hydrogen-bond acceptors (Lipinski definition) is 5. The molecule has 2 N–H and O–H groups in total. The predicted octanol–water partition coefficient (Wildman–Crippen LogP) is 0.395. The minimum absolute atomic E-state index is 0.0119. The second-order valence-corrected chi connectivity index (χ2v) is 3.97. The van der Waals surface area contributed by atoms with Crippen LogP contribution in [0.3, 0.4) is 0 Å². The van der Waals surface area contributed by atoms with Gasteiger partial charge in [0.2, 0.25) is 5.91 Å². The highest BCUT2D eigenvalue weighted by atomic mass is 16.1. The van der Waals surface area contributed by atoms with E-state index >= 15 is 0 Å². The Kier molecular flexibility index (Phi) is 4.60. The van der Waals surface area contributed by atoms with E-state index in [1.807, 2.05) is 13.8 Å². The molecule has 1 aromatic rings. The van der Waals surface area contributed by atoms with Crippen LogP contribution in [0.2, 0.25) is 0 Å². The summed E-state index contributed by atoms with van der Waals surface area (Å²) in [5, 5.41) is 17.4. The molecule has 0 radical (unpaired) electrons. The highest BCUT2D eigenvalue weighted by Crippen LogP contribution is 2.22. The number of hydrogen-bond donors (Lipinski definition) is 1. The Hall–Kier alpha value is -2.16. The van der Waals surface area contributed by atoms with Crippen LogP contribution in [-0.2, 0) is 17.6 Å². The molecule has 0 aromatic carbocycles. The van der Waals surface area contributed by atoms with Gasteiger partial charge in [0.1, 0.15) is 11.6 Å². The number of likely N-dealkylation sites (N-methyl/N-ethyl adjacent to an activating group) is 1. The molecular weight excluding hydrogens is 230 g/mol. The van der Waals surface area contributed by atoms with Gasteiger partial charge >= 0.3 is 0 Å². The number of anilines is 1. The Morgan fingerprint density at radius 2 is 2.06 bits per heavy atom. The third-order valence-corrected chi connectivity index (χ3v) is 2.69. The average molecular weight is 247 g/mol. The van der Waals surface area contributed by atoms with Gasteiger partial charge in [-0.2, -0.15) is 10.4 Å². The molecule has 1 heterocycles. The summed E-state index contributed by atoms with van der Waals surface area (Å²) in [7, 11) is 1.67. The highest BCUT2D eigenvalue weighted by Gasteiger charge is 2.17. The molecule has 0 fully saturated rings. The standard InChI is InChI=1S/C12H17N5O/c1-4-8-9(6-13)12(16-15-10(8)5-2)17(3)7-11(14)18/h4-5,7H2,1-3H3,(H2,14,18).